The molecule has 0 aliphatic heterocycles. The minimum absolute atomic E-state index is 0.120. The van der Waals surface area contributed by atoms with Crippen molar-refractivity contribution in [2.75, 3.05) is 6.54 Å². The van der Waals surface area contributed by atoms with Gasteiger partial charge in [0.1, 0.15) is 5.60 Å². The van der Waals surface area contributed by atoms with Crippen LogP contribution in [0.25, 0.3) is 0 Å². The summed E-state index contributed by atoms with van der Waals surface area (Å²) in [7, 11) is 0. The lowest BCUT2D eigenvalue weighted by molar-refractivity contribution is -0.385. The van der Waals surface area contributed by atoms with Crippen molar-refractivity contribution in [3.8, 4) is 11.8 Å². The van der Waals surface area contributed by atoms with E-state index in [-0.39, 0.29) is 17.8 Å². The minimum Gasteiger partial charge on any atom is -0.481 e. The molecule has 0 atom stereocenters. The summed E-state index contributed by atoms with van der Waals surface area (Å²) in [5.74, 6) is 4.39. The van der Waals surface area contributed by atoms with Gasteiger partial charge in [-0.1, -0.05) is 17.9 Å². The van der Waals surface area contributed by atoms with Crippen molar-refractivity contribution < 1.29 is 24.4 Å². The average Bonchev–Trinajstić information content (AvgIpc) is 2.45. The highest BCUT2D eigenvalue weighted by atomic mass is 16.6. The van der Waals surface area contributed by atoms with Crippen molar-refractivity contribution in [2.45, 2.75) is 39.2 Å². The molecule has 0 aliphatic carbocycles. The number of nitro groups is 1. The zero-order chi connectivity index (χ0) is 19.0. The highest BCUT2D eigenvalue weighted by Gasteiger charge is 2.17. The molecule has 0 aliphatic rings. The van der Waals surface area contributed by atoms with Gasteiger partial charge in [-0.3, -0.25) is 14.9 Å². The number of aliphatic carboxylic acids is 1. The number of alkyl carbamates (subject to hydrolysis) is 1. The van der Waals surface area contributed by atoms with Gasteiger partial charge in [0.05, 0.1) is 11.3 Å². The summed E-state index contributed by atoms with van der Waals surface area (Å²) in [4.78, 5) is 32.5. The predicted molar refractivity (Wildman–Crippen MR) is 90.2 cm³/mol. The number of carboxylic acid groups (broad SMARTS) is 1. The van der Waals surface area contributed by atoms with Crippen LogP contribution in [0.3, 0.4) is 0 Å². The van der Waals surface area contributed by atoms with Gasteiger partial charge in [0.2, 0.25) is 0 Å². The van der Waals surface area contributed by atoms with E-state index in [1.165, 1.54) is 18.2 Å². The van der Waals surface area contributed by atoms with Gasteiger partial charge in [0.15, 0.2) is 0 Å². The number of hydrogen-bond donors (Lipinski definition) is 2. The van der Waals surface area contributed by atoms with E-state index in [1.54, 1.807) is 20.8 Å². The molecule has 134 valence electrons. The molecule has 0 radical (unpaired) electrons. The van der Waals surface area contributed by atoms with Gasteiger partial charge < -0.3 is 15.2 Å². The molecule has 1 amide bonds. The van der Waals surface area contributed by atoms with E-state index in [0.717, 1.165) is 0 Å². The predicted octanol–water partition coefficient (Wildman–Crippen LogP) is 2.49. The van der Waals surface area contributed by atoms with Gasteiger partial charge in [-0.2, -0.15) is 0 Å². The molecule has 0 fully saturated rings. The third-order valence-corrected chi connectivity index (χ3v) is 2.77. The Balaban J connectivity index is 2.65. The Bertz CT molecular complexity index is 725. The zero-order valence-electron chi connectivity index (χ0n) is 14.3. The van der Waals surface area contributed by atoms with E-state index in [4.69, 9.17) is 9.84 Å². The molecule has 2 N–H and O–H groups in total. The molecule has 25 heavy (non-hydrogen) atoms. The summed E-state index contributed by atoms with van der Waals surface area (Å²) in [6, 6.07) is 4.15. The second-order valence-corrected chi connectivity index (χ2v) is 6.15. The molecule has 1 aromatic rings. The lowest BCUT2D eigenvalue weighted by Gasteiger charge is -2.19. The number of carbonyl (C=O) groups is 2. The first-order chi connectivity index (χ1) is 11.6. The van der Waals surface area contributed by atoms with Gasteiger partial charge in [-0.25, -0.2) is 4.79 Å². The van der Waals surface area contributed by atoms with E-state index >= 15 is 0 Å². The monoisotopic (exact) mass is 348 g/mol. The second kappa shape index (κ2) is 8.68. The molecule has 0 saturated carbocycles. The molecule has 8 heteroatoms. The topological polar surface area (TPSA) is 119 Å². The molecule has 8 nitrogen and oxygen atoms in total. The molecular weight excluding hydrogens is 328 g/mol. The summed E-state index contributed by atoms with van der Waals surface area (Å²) < 4.78 is 5.07. The van der Waals surface area contributed by atoms with Crippen LogP contribution in [0.4, 0.5) is 10.5 Å². The molecule has 1 rings (SSSR count). The molecule has 0 spiro atoms. The third-order valence-electron chi connectivity index (χ3n) is 2.77. The molecule has 0 bridgehead atoms. The van der Waals surface area contributed by atoms with E-state index in [2.05, 4.69) is 17.2 Å². The van der Waals surface area contributed by atoms with E-state index in [0.29, 0.717) is 12.0 Å². The summed E-state index contributed by atoms with van der Waals surface area (Å²) in [6.07, 6.45) is -0.628. The summed E-state index contributed by atoms with van der Waals surface area (Å²) in [5.41, 5.74) is -0.333. The fourth-order valence-electron chi connectivity index (χ4n) is 1.83. The number of carboxylic acids is 1. The van der Waals surface area contributed by atoms with Crippen LogP contribution >= 0.6 is 0 Å². The van der Waals surface area contributed by atoms with Crippen LogP contribution in [-0.2, 0) is 16.0 Å². The Morgan fingerprint density at radius 2 is 2.04 bits per heavy atom. The van der Waals surface area contributed by atoms with Crippen LogP contribution in [0.15, 0.2) is 18.2 Å². The quantitative estimate of drug-likeness (QED) is 0.365. The lowest BCUT2D eigenvalue weighted by Crippen LogP contribution is -2.32. The van der Waals surface area contributed by atoms with Crippen molar-refractivity contribution in [3.05, 3.63) is 39.4 Å². The zero-order valence-corrected chi connectivity index (χ0v) is 14.3. The van der Waals surface area contributed by atoms with E-state index in [9.17, 15) is 19.7 Å². The number of amides is 1. The maximum Gasteiger partial charge on any atom is 0.407 e. The van der Waals surface area contributed by atoms with Crippen molar-refractivity contribution in [1.29, 1.82) is 0 Å². The smallest absolute Gasteiger partial charge is 0.407 e. The van der Waals surface area contributed by atoms with Gasteiger partial charge in [-0.05, 0) is 26.8 Å². The van der Waals surface area contributed by atoms with Crippen LogP contribution < -0.4 is 5.32 Å². The summed E-state index contributed by atoms with van der Waals surface area (Å²) in [6.45, 7) is 5.55. The van der Waals surface area contributed by atoms with Gasteiger partial charge in [-0.15, -0.1) is 0 Å². The largest absolute Gasteiger partial charge is 0.481 e. The number of nitrogens with zero attached hydrogens (tertiary/aromatic N) is 1. The SMILES string of the molecule is CC(C)(C)OC(=O)NCCC#Cc1ccc(CC(=O)O)c([N+](=O)[O-])c1. The first kappa shape index (κ1) is 20.0. The highest BCUT2D eigenvalue weighted by Crippen LogP contribution is 2.20. The Morgan fingerprint density at radius 1 is 1.36 bits per heavy atom. The fourth-order valence-corrected chi connectivity index (χ4v) is 1.83. The Morgan fingerprint density at radius 3 is 2.60 bits per heavy atom. The lowest BCUT2D eigenvalue weighted by atomic mass is 10.1. The number of rotatable bonds is 5. The van der Waals surface area contributed by atoms with Crippen LogP contribution in [0.5, 0.6) is 0 Å². The van der Waals surface area contributed by atoms with E-state index in [1.807, 2.05) is 0 Å². The molecule has 0 heterocycles. The molecule has 0 saturated heterocycles. The first-order valence-electron chi connectivity index (χ1n) is 7.53. The molecule has 0 aromatic heterocycles. The maximum absolute atomic E-state index is 11.4. The maximum atomic E-state index is 11.4. The number of hydrogen-bond acceptors (Lipinski definition) is 5. The average molecular weight is 348 g/mol. The fraction of sp³-hybridized carbons (Fsp3) is 0.412. The van der Waals surface area contributed by atoms with Crippen LogP contribution in [0.1, 0.15) is 38.3 Å². The van der Waals surface area contributed by atoms with Gasteiger partial charge in [0, 0.05) is 30.2 Å². The number of benzene rings is 1. The number of nitrogens with one attached hydrogen (secondary N) is 1. The number of ether oxygens (including phenoxy) is 1. The number of carbonyl (C=O) groups excluding carboxylic acids is 1. The molecule has 0 unspecified atom stereocenters. The Hall–Kier alpha value is -3.08. The summed E-state index contributed by atoms with van der Waals surface area (Å²) in [5, 5.41) is 22.3. The van der Waals surface area contributed by atoms with Crippen molar-refractivity contribution in [2.24, 2.45) is 0 Å². The molecular formula is C17H20N2O6. The van der Waals surface area contributed by atoms with Gasteiger partial charge in [0.25, 0.3) is 5.69 Å². The van der Waals surface area contributed by atoms with Crippen LogP contribution in [-0.4, -0.2) is 34.2 Å². The Kier molecular flexibility index (Phi) is 6.93. The molecule has 1 aromatic carbocycles. The van der Waals surface area contributed by atoms with Crippen molar-refractivity contribution >= 4 is 17.7 Å². The second-order valence-electron chi connectivity index (χ2n) is 6.15. The Labute approximate surface area is 145 Å². The highest BCUT2D eigenvalue weighted by molar-refractivity contribution is 5.72. The van der Waals surface area contributed by atoms with Crippen molar-refractivity contribution in [3.63, 3.8) is 0 Å². The summed E-state index contributed by atoms with van der Waals surface area (Å²) >= 11 is 0. The third kappa shape index (κ3) is 7.83. The van der Waals surface area contributed by atoms with Gasteiger partial charge >= 0.3 is 12.1 Å². The van der Waals surface area contributed by atoms with E-state index < -0.39 is 29.0 Å². The standard InChI is InChI=1S/C17H20N2O6/c1-17(2,3)25-16(22)18-9-5-4-6-12-7-8-13(11-15(20)21)14(10-12)19(23)24/h7-8,10H,5,9,11H2,1-3H3,(H,18,22)(H,20,21). The van der Waals surface area contributed by atoms with Crippen LogP contribution in [0, 0.1) is 22.0 Å². The minimum atomic E-state index is -1.14. The van der Waals surface area contributed by atoms with Crippen molar-refractivity contribution in [1.82, 2.24) is 5.32 Å². The number of nitro benzene ring substituents is 1. The normalized spacial score (nSPS) is 10.4. The first-order valence-corrected chi connectivity index (χ1v) is 7.53. The van der Waals surface area contributed by atoms with Crippen LogP contribution in [0.2, 0.25) is 0 Å².